The van der Waals surface area contributed by atoms with Gasteiger partial charge in [-0.3, -0.25) is 9.29 Å². The monoisotopic (exact) mass is 531 g/mol. The van der Waals surface area contributed by atoms with E-state index in [1.54, 1.807) is 12.0 Å². The van der Waals surface area contributed by atoms with E-state index in [9.17, 15) is 23.4 Å². The number of alkyl halides is 3. The molecule has 0 radical (unpaired) electrons. The fourth-order valence-electron chi connectivity index (χ4n) is 6.10. The SMILES string of the molecule is COc1cc([C@@H]2c3[nH]c4ccccc4c3C[C@@H](C)N2CC(F)(F)CO)ccc1[C@@H](O)C1CN(CCCF)C1. The van der Waals surface area contributed by atoms with Crippen molar-refractivity contribution in [2.75, 3.05) is 46.6 Å². The number of aromatic amines is 1. The van der Waals surface area contributed by atoms with E-state index in [0.29, 0.717) is 43.8 Å². The van der Waals surface area contributed by atoms with E-state index in [1.807, 2.05) is 49.4 Å². The standard InChI is InChI=1S/C29H36F3N3O3/c1-18-12-23-21-6-3-4-7-24(21)33-26(23)27(35(18)16-29(31,32)17-36)19-8-9-22(25(13-19)38-2)28(37)20-14-34(15-20)11-5-10-30/h3-4,6-9,13,18,20,27-28,33,36-37H,5,10-12,14-17H2,1-2H3/t18-,27-,28+/m1/s1. The van der Waals surface area contributed by atoms with Gasteiger partial charge in [0.1, 0.15) is 12.4 Å². The number of rotatable bonds is 10. The van der Waals surface area contributed by atoms with Crippen LogP contribution in [0, 0.1) is 5.92 Å². The molecule has 0 unspecified atom stereocenters. The Balaban J connectivity index is 1.51. The van der Waals surface area contributed by atoms with Crippen LogP contribution in [0.2, 0.25) is 0 Å². The molecule has 3 atom stereocenters. The molecule has 3 N–H and O–H groups in total. The number of nitrogens with one attached hydrogen (secondary N) is 1. The second kappa shape index (κ2) is 10.9. The van der Waals surface area contributed by atoms with Gasteiger partial charge in [-0.25, -0.2) is 8.78 Å². The topological polar surface area (TPSA) is 72.0 Å². The molecule has 1 saturated heterocycles. The first-order valence-electron chi connectivity index (χ1n) is 13.2. The highest BCUT2D eigenvalue weighted by molar-refractivity contribution is 5.85. The predicted molar refractivity (Wildman–Crippen MR) is 141 cm³/mol. The molecule has 0 bridgehead atoms. The van der Waals surface area contributed by atoms with Gasteiger partial charge in [0.15, 0.2) is 0 Å². The van der Waals surface area contributed by atoms with E-state index in [-0.39, 0.29) is 18.6 Å². The van der Waals surface area contributed by atoms with E-state index in [2.05, 4.69) is 9.88 Å². The molecule has 0 spiro atoms. The lowest BCUT2D eigenvalue weighted by molar-refractivity contribution is -0.0864. The number of aliphatic hydroxyl groups is 2. The normalized spacial score (nSPS) is 21.9. The molecule has 0 aliphatic carbocycles. The smallest absolute Gasteiger partial charge is 0.283 e. The number of hydrogen-bond donors (Lipinski definition) is 3. The van der Waals surface area contributed by atoms with Gasteiger partial charge in [-0.2, -0.15) is 0 Å². The lowest BCUT2D eigenvalue weighted by atomic mass is 9.85. The van der Waals surface area contributed by atoms with Gasteiger partial charge in [0.05, 0.1) is 32.5 Å². The van der Waals surface area contributed by atoms with Gasteiger partial charge < -0.3 is 24.8 Å². The number of aliphatic hydroxyl groups excluding tert-OH is 2. The first-order chi connectivity index (χ1) is 18.3. The Morgan fingerprint density at radius 1 is 1.18 bits per heavy atom. The first kappa shape index (κ1) is 27.0. The van der Waals surface area contributed by atoms with Crippen molar-refractivity contribution in [3.05, 3.63) is 64.8 Å². The number of para-hydroxylation sites is 1. The summed E-state index contributed by atoms with van der Waals surface area (Å²) < 4.78 is 47.3. The van der Waals surface area contributed by atoms with Gasteiger partial charge in [0, 0.05) is 53.8 Å². The molecule has 9 heteroatoms. The summed E-state index contributed by atoms with van der Waals surface area (Å²) in [7, 11) is 1.54. The van der Waals surface area contributed by atoms with Crippen molar-refractivity contribution in [2.45, 2.75) is 43.9 Å². The van der Waals surface area contributed by atoms with Crippen LogP contribution in [-0.4, -0.2) is 83.5 Å². The number of nitrogens with zero attached hydrogens (tertiary/aromatic N) is 2. The molecule has 2 aliphatic heterocycles. The molecule has 5 rings (SSSR count). The maximum atomic E-state index is 14.6. The fraction of sp³-hybridized carbons (Fsp3) is 0.517. The maximum absolute atomic E-state index is 14.6. The third-order valence-electron chi connectivity index (χ3n) is 8.09. The number of aromatic nitrogens is 1. The molecule has 3 heterocycles. The summed E-state index contributed by atoms with van der Waals surface area (Å²) in [6, 6.07) is 12.8. The molecule has 0 amide bonds. The Hall–Kier alpha value is -2.59. The number of halogens is 3. The molecule has 6 nitrogen and oxygen atoms in total. The van der Waals surface area contributed by atoms with Crippen LogP contribution in [0.5, 0.6) is 5.75 Å². The second-order valence-corrected chi connectivity index (χ2v) is 10.7. The van der Waals surface area contributed by atoms with E-state index in [4.69, 9.17) is 4.74 Å². The number of H-pyrrole nitrogens is 1. The third kappa shape index (κ3) is 5.04. The number of benzene rings is 2. The van der Waals surface area contributed by atoms with Crippen molar-refractivity contribution in [1.82, 2.24) is 14.8 Å². The van der Waals surface area contributed by atoms with Crippen LogP contribution >= 0.6 is 0 Å². The Morgan fingerprint density at radius 2 is 1.95 bits per heavy atom. The highest BCUT2D eigenvalue weighted by Gasteiger charge is 2.42. The number of likely N-dealkylation sites (tertiary alicyclic amines) is 1. The van der Waals surface area contributed by atoms with Crippen LogP contribution in [0.4, 0.5) is 13.2 Å². The van der Waals surface area contributed by atoms with Crippen LogP contribution in [0.15, 0.2) is 42.5 Å². The van der Waals surface area contributed by atoms with Crippen molar-refractivity contribution < 1.29 is 28.1 Å². The summed E-state index contributed by atoms with van der Waals surface area (Å²) in [5.74, 6) is -2.74. The lowest BCUT2D eigenvalue weighted by Gasteiger charge is -2.43. The highest BCUT2D eigenvalue weighted by Crippen LogP contribution is 2.44. The number of fused-ring (bicyclic) bond motifs is 3. The Morgan fingerprint density at radius 3 is 2.66 bits per heavy atom. The molecular formula is C29H36F3N3O3. The highest BCUT2D eigenvalue weighted by atomic mass is 19.3. The molecule has 38 heavy (non-hydrogen) atoms. The molecule has 2 aromatic carbocycles. The van der Waals surface area contributed by atoms with Crippen LogP contribution in [-0.2, 0) is 6.42 Å². The average molecular weight is 532 g/mol. The molecular weight excluding hydrogens is 495 g/mol. The summed E-state index contributed by atoms with van der Waals surface area (Å²) in [6.45, 7) is 1.83. The van der Waals surface area contributed by atoms with E-state index >= 15 is 0 Å². The fourth-order valence-corrected chi connectivity index (χ4v) is 6.10. The minimum absolute atomic E-state index is 0.0177. The lowest BCUT2D eigenvalue weighted by Crippen LogP contribution is -2.49. The minimum atomic E-state index is -3.26. The van der Waals surface area contributed by atoms with E-state index in [1.165, 1.54) is 0 Å². The Labute approximate surface area is 221 Å². The van der Waals surface area contributed by atoms with Crippen LogP contribution in [0.25, 0.3) is 10.9 Å². The van der Waals surface area contributed by atoms with Crippen molar-refractivity contribution in [1.29, 1.82) is 0 Å². The van der Waals surface area contributed by atoms with Crippen LogP contribution < -0.4 is 4.74 Å². The second-order valence-electron chi connectivity index (χ2n) is 10.7. The summed E-state index contributed by atoms with van der Waals surface area (Å²) in [5.41, 5.74) is 4.33. The molecule has 0 saturated carbocycles. The number of methoxy groups -OCH3 is 1. The Kier molecular flexibility index (Phi) is 7.73. The van der Waals surface area contributed by atoms with Gasteiger partial charge in [-0.15, -0.1) is 0 Å². The number of ether oxygens (including phenoxy) is 1. The van der Waals surface area contributed by atoms with Crippen LogP contribution in [0.1, 0.15) is 47.9 Å². The number of hydrogen-bond acceptors (Lipinski definition) is 5. The zero-order valence-corrected chi connectivity index (χ0v) is 21.8. The largest absolute Gasteiger partial charge is 0.496 e. The zero-order chi connectivity index (χ0) is 27.0. The van der Waals surface area contributed by atoms with Crippen LogP contribution in [0.3, 0.4) is 0 Å². The van der Waals surface area contributed by atoms with Crippen molar-refractivity contribution >= 4 is 10.9 Å². The molecule has 206 valence electrons. The maximum Gasteiger partial charge on any atom is 0.283 e. The minimum Gasteiger partial charge on any atom is -0.496 e. The quantitative estimate of drug-likeness (QED) is 0.360. The first-order valence-corrected chi connectivity index (χ1v) is 13.2. The van der Waals surface area contributed by atoms with Gasteiger partial charge in [-0.05, 0) is 43.0 Å². The van der Waals surface area contributed by atoms with Gasteiger partial charge in [0.2, 0.25) is 0 Å². The van der Waals surface area contributed by atoms with Crippen molar-refractivity contribution in [3.8, 4) is 5.75 Å². The summed E-state index contributed by atoms with van der Waals surface area (Å²) in [6.07, 6.45) is 0.345. The zero-order valence-electron chi connectivity index (χ0n) is 21.8. The molecule has 2 aliphatic rings. The predicted octanol–water partition coefficient (Wildman–Crippen LogP) is 4.46. The summed E-state index contributed by atoms with van der Waals surface area (Å²) in [4.78, 5) is 7.34. The molecule has 1 fully saturated rings. The van der Waals surface area contributed by atoms with Crippen molar-refractivity contribution in [2.24, 2.45) is 5.92 Å². The third-order valence-corrected chi connectivity index (χ3v) is 8.09. The van der Waals surface area contributed by atoms with Gasteiger partial charge >= 0.3 is 0 Å². The average Bonchev–Trinajstić information content (AvgIpc) is 3.25. The molecule has 3 aromatic rings. The van der Waals surface area contributed by atoms with Gasteiger partial charge in [0.25, 0.3) is 5.92 Å². The Bertz CT molecular complexity index is 1260. The van der Waals surface area contributed by atoms with Gasteiger partial charge in [-0.1, -0.05) is 30.3 Å². The molecule has 1 aromatic heterocycles. The van der Waals surface area contributed by atoms with E-state index in [0.717, 1.165) is 27.7 Å². The van der Waals surface area contributed by atoms with E-state index < -0.39 is 31.2 Å². The van der Waals surface area contributed by atoms with Crippen molar-refractivity contribution in [3.63, 3.8) is 0 Å². The summed E-state index contributed by atoms with van der Waals surface area (Å²) in [5, 5.41) is 21.5. The summed E-state index contributed by atoms with van der Waals surface area (Å²) >= 11 is 0.